The predicted octanol–water partition coefficient (Wildman–Crippen LogP) is 3.70. The molecule has 5 rings (SSSR count). The molecule has 4 saturated carbocycles. The van der Waals surface area contributed by atoms with Crippen molar-refractivity contribution in [1.82, 2.24) is 0 Å². The van der Waals surface area contributed by atoms with E-state index in [-0.39, 0.29) is 23.3 Å². The number of ether oxygens (including phenoxy) is 3. The maximum atomic E-state index is 13.7. The summed E-state index contributed by atoms with van der Waals surface area (Å²) in [5.74, 6) is -10.9. The Hall–Kier alpha value is -1.15. The molecule has 1 spiro atoms. The number of esters is 1. The van der Waals surface area contributed by atoms with Gasteiger partial charge in [-0.25, -0.2) is 4.79 Å². The van der Waals surface area contributed by atoms with Crippen molar-refractivity contribution in [2.45, 2.75) is 62.3 Å². The number of alkyl halides is 4. The van der Waals surface area contributed by atoms with E-state index in [1.807, 2.05) is 0 Å². The molecule has 0 aromatic heterocycles. The largest absolute Gasteiger partial charge is 0.456 e. The summed E-state index contributed by atoms with van der Waals surface area (Å²) in [6.07, 6.45) is 2.72. The van der Waals surface area contributed by atoms with E-state index in [0.717, 1.165) is 0 Å². The first kappa shape index (κ1) is 18.2. The topological polar surface area (TPSA) is 44.8 Å². The fourth-order valence-electron chi connectivity index (χ4n) is 5.39. The van der Waals surface area contributed by atoms with Crippen molar-refractivity contribution in [1.29, 1.82) is 0 Å². The van der Waals surface area contributed by atoms with Crippen LogP contribution in [0.1, 0.15) is 39.0 Å². The third kappa shape index (κ3) is 2.52. The zero-order valence-corrected chi connectivity index (χ0v) is 14.5. The van der Waals surface area contributed by atoms with E-state index in [0.29, 0.717) is 32.1 Å². The molecule has 1 heterocycles. The molecule has 0 N–H and O–H groups in total. The Labute approximate surface area is 148 Å². The molecule has 4 bridgehead atoms. The molecule has 1 aliphatic heterocycles. The van der Waals surface area contributed by atoms with E-state index in [1.54, 1.807) is 6.92 Å². The molecule has 0 radical (unpaired) electrons. The van der Waals surface area contributed by atoms with Gasteiger partial charge < -0.3 is 14.2 Å². The summed E-state index contributed by atoms with van der Waals surface area (Å²) in [6, 6.07) is 0. The Morgan fingerprint density at radius 3 is 1.96 bits per heavy atom. The van der Waals surface area contributed by atoms with Gasteiger partial charge in [-0.05, 0) is 44.9 Å². The van der Waals surface area contributed by atoms with E-state index in [9.17, 15) is 22.4 Å². The quantitative estimate of drug-likeness (QED) is 0.418. The summed E-state index contributed by atoms with van der Waals surface area (Å²) in [5.41, 5.74) is -0.418. The third-order valence-corrected chi connectivity index (χ3v) is 6.42. The Balaban J connectivity index is 1.61. The van der Waals surface area contributed by atoms with Gasteiger partial charge in [0.1, 0.15) is 18.8 Å². The number of carbonyl (C=O) groups excluding carboxylic acids is 1. The summed E-state index contributed by atoms with van der Waals surface area (Å²) in [7, 11) is 0. The van der Waals surface area contributed by atoms with Crippen molar-refractivity contribution in [2.24, 2.45) is 17.8 Å². The van der Waals surface area contributed by atoms with E-state index >= 15 is 0 Å². The molecule has 4 nitrogen and oxygen atoms in total. The lowest BCUT2D eigenvalue weighted by Gasteiger charge is -2.63. The van der Waals surface area contributed by atoms with Crippen molar-refractivity contribution in [3.8, 4) is 0 Å². The molecule has 0 aromatic carbocycles. The molecule has 0 aromatic rings. The van der Waals surface area contributed by atoms with E-state index in [1.165, 1.54) is 0 Å². The van der Waals surface area contributed by atoms with Crippen LogP contribution in [0.3, 0.4) is 0 Å². The Morgan fingerprint density at radius 2 is 1.50 bits per heavy atom. The van der Waals surface area contributed by atoms with E-state index < -0.39 is 42.4 Å². The van der Waals surface area contributed by atoms with Gasteiger partial charge in [0, 0.05) is 17.4 Å². The molecular formula is C18H22F4O4. The van der Waals surface area contributed by atoms with Gasteiger partial charge >= 0.3 is 17.8 Å². The van der Waals surface area contributed by atoms with Crippen LogP contribution in [-0.2, 0) is 19.0 Å². The first-order valence-electron chi connectivity index (χ1n) is 8.91. The monoisotopic (exact) mass is 378 g/mol. The molecular weight excluding hydrogens is 356 g/mol. The average Bonchev–Trinajstić information content (AvgIpc) is 2.61. The Morgan fingerprint density at radius 1 is 1.00 bits per heavy atom. The van der Waals surface area contributed by atoms with Gasteiger partial charge in [0.25, 0.3) is 0 Å². The number of carbonyl (C=O) groups is 1. The van der Waals surface area contributed by atoms with Gasteiger partial charge in [-0.1, -0.05) is 6.58 Å². The second-order valence-corrected chi connectivity index (χ2v) is 8.40. The molecule has 5 aliphatic rings. The highest BCUT2D eigenvalue weighted by atomic mass is 19.3. The summed E-state index contributed by atoms with van der Waals surface area (Å²) >= 11 is 0. The smallest absolute Gasteiger partial charge is 0.335 e. The number of rotatable bonds is 2. The summed E-state index contributed by atoms with van der Waals surface area (Å²) < 4.78 is 71.5. The highest BCUT2D eigenvalue weighted by Crippen LogP contribution is 2.63. The maximum Gasteiger partial charge on any atom is 0.335 e. The third-order valence-electron chi connectivity index (χ3n) is 6.42. The van der Waals surface area contributed by atoms with Gasteiger partial charge in [-0.15, -0.1) is 0 Å². The van der Waals surface area contributed by atoms with Crippen LogP contribution in [0.15, 0.2) is 12.2 Å². The molecule has 5 fully saturated rings. The first-order chi connectivity index (χ1) is 12.0. The number of hydrogen-bond acceptors (Lipinski definition) is 4. The zero-order chi connectivity index (χ0) is 19.0. The Bertz CT molecular complexity index is 611. The fraction of sp³-hybridized carbons (Fsp3) is 0.833. The van der Waals surface area contributed by atoms with Crippen LogP contribution in [0.25, 0.3) is 0 Å². The number of halogens is 4. The predicted molar refractivity (Wildman–Crippen MR) is 81.7 cm³/mol. The summed E-state index contributed by atoms with van der Waals surface area (Å²) in [5, 5.41) is 0. The zero-order valence-electron chi connectivity index (χ0n) is 14.5. The molecule has 8 heteroatoms. The average molecular weight is 378 g/mol. The van der Waals surface area contributed by atoms with E-state index in [2.05, 4.69) is 6.58 Å². The van der Waals surface area contributed by atoms with Crippen LogP contribution in [0.4, 0.5) is 17.6 Å². The molecule has 146 valence electrons. The van der Waals surface area contributed by atoms with Crippen molar-refractivity contribution in [3.63, 3.8) is 0 Å². The van der Waals surface area contributed by atoms with Crippen LogP contribution in [0.5, 0.6) is 0 Å². The van der Waals surface area contributed by atoms with Crippen molar-refractivity contribution >= 4 is 5.97 Å². The maximum absolute atomic E-state index is 13.7. The second-order valence-electron chi connectivity index (χ2n) is 8.40. The van der Waals surface area contributed by atoms with Crippen LogP contribution < -0.4 is 0 Å². The van der Waals surface area contributed by atoms with Crippen LogP contribution in [0, 0.1) is 17.8 Å². The van der Waals surface area contributed by atoms with Crippen molar-refractivity contribution in [3.05, 3.63) is 12.2 Å². The first-order valence-corrected chi connectivity index (χ1v) is 8.91. The highest BCUT2D eigenvalue weighted by molar-refractivity contribution is 5.87. The normalized spacial score (nSPS) is 41.7. The van der Waals surface area contributed by atoms with Crippen molar-refractivity contribution < 1.29 is 36.6 Å². The minimum absolute atomic E-state index is 0.243. The van der Waals surface area contributed by atoms with Gasteiger partial charge in [0.05, 0.1) is 0 Å². The lowest BCUT2D eigenvalue weighted by atomic mass is 9.51. The van der Waals surface area contributed by atoms with Gasteiger partial charge in [0.2, 0.25) is 0 Å². The Kier molecular flexibility index (Phi) is 3.81. The lowest BCUT2D eigenvalue weighted by Crippen LogP contribution is -2.66. The fourth-order valence-corrected chi connectivity index (χ4v) is 5.39. The minimum Gasteiger partial charge on any atom is -0.456 e. The summed E-state index contributed by atoms with van der Waals surface area (Å²) in [4.78, 5) is 12.0. The second kappa shape index (κ2) is 5.44. The van der Waals surface area contributed by atoms with E-state index in [4.69, 9.17) is 14.2 Å². The molecule has 26 heavy (non-hydrogen) atoms. The van der Waals surface area contributed by atoms with Gasteiger partial charge in [-0.3, -0.25) is 0 Å². The molecule has 0 amide bonds. The van der Waals surface area contributed by atoms with Gasteiger partial charge in [0.15, 0.2) is 5.79 Å². The van der Waals surface area contributed by atoms with Crippen LogP contribution in [-0.4, -0.2) is 42.4 Å². The highest BCUT2D eigenvalue weighted by Gasteiger charge is 2.69. The standard InChI is InChI=1S/C18H22F4O4/c1-10(2)14(23)26-15-5-11-3-12(6-15)18(13(4-11)7-15)24-8-16(19,20)17(21,22)9-25-18/h11-13H,1,3-9H2,2H3. The summed E-state index contributed by atoms with van der Waals surface area (Å²) in [6.45, 7) is 2.42. The van der Waals surface area contributed by atoms with Crippen LogP contribution in [0.2, 0.25) is 0 Å². The lowest BCUT2D eigenvalue weighted by molar-refractivity contribution is -0.354. The van der Waals surface area contributed by atoms with Crippen LogP contribution >= 0.6 is 0 Å². The molecule has 2 unspecified atom stereocenters. The number of hydrogen-bond donors (Lipinski definition) is 0. The SMILES string of the molecule is C=C(C)C(=O)OC12CC3CC(C1)C1(OCC(F)(F)C(F)(F)CO1)C(C3)C2. The molecule has 2 atom stereocenters. The molecule has 4 aliphatic carbocycles. The van der Waals surface area contributed by atoms with Gasteiger partial charge in [-0.2, -0.15) is 17.6 Å². The van der Waals surface area contributed by atoms with Crippen molar-refractivity contribution in [2.75, 3.05) is 13.2 Å². The minimum atomic E-state index is -4.27. The molecule has 1 saturated heterocycles.